The molecule has 6 heteroatoms. The van der Waals surface area contributed by atoms with Gasteiger partial charge in [0.05, 0.1) is 0 Å². The summed E-state index contributed by atoms with van der Waals surface area (Å²) in [6.07, 6.45) is 10.3. The Morgan fingerprint density at radius 1 is 1.18 bits per heavy atom. The van der Waals surface area contributed by atoms with Crippen molar-refractivity contribution in [1.29, 1.82) is 0 Å². The van der Waals surface area contributed by atoms with Gasteiger partial charge < -0.3 is 19.9 Å². The smallest absolute Gasteiger partial charge is 0.410 e. The van der Waals surface area contributed by atoms with Crippen LogP contribution in [0.3, 0.4) is 0 Å². The van der Waals surface area contributed by atoms with E-state index in [9.17, 15) is 9.59 Å². The average molecular weight is 390 g/mol. The Labute approximate surface area is 168 Å². The Hall–Kier alpha value is -1.56. The third-order valence-electron chi connectivity index (χ3n) is 7.66. The zero-order valence-electron chi connectivity index (χ0n) is 17.3. The standard InChI is InChI=1S/C22H35N3O3/c1-3-13-28-20(27)25-12-9-22(16-25)14-18(15-22)24-10-5-17(6-11-24)19(26)23-21(2)7-4-8-21/h3,17-18H,1,4-16H2,2H3,(H,23,26). The second kappa shape index (κ2) is 7.69. The Morgan fingerprint density at radius 2 is 1.89 bits per heavy atom. The first-order valence-electron chi connectivity index (χ1n) is 11.0. The van der Waals surface area contributed by atoms with E-state index in [1.165, 1.54) is 19.3 Å². The fraction of sp³-hybridized carbons (Fsp3) is 0.818. The van der Waals surface area contributed by atoms with Gasteiger partial charge in [-0.25, -0.2) is 4.79 Å². The summed E-state index contributed by atoms with van der Waals surface area (Å²) >= 11 is 0. The van der Waals surface area contributed by atoms with E-state index < -0.39 is 0 Å². The van der Waals surface area contributed by atoms with Gasteiger partial charge in [0.25, 0.3) is 0 Å². The molecule has 0 aromatic heterocycles. The lowest BCUT2D eigenvalue weighted by Crippen LogP contribution is -2.56. The molecule has 6 nitrogen and oxygen atoms in total. The average Bonchev–Trinajstić information content (AvgIpc) is 3.09. The van der Waals surface area contributed by atoms with Crippen molar-refractivity contribution in [3.05, 3.63) is 12.7 Å². The maximum Gasteiger partial charge on any atom is 0.410 e. The Balaban J connectivity index is 1.19. The number of nitrogens with one attached hydrogen (secondary N) is 1. The number of rotatable bonds is 5. The number of piperidine rings is 1. The van der Waals surface area contributed by atoms with E-state index in [0.717, 1.165) is 58.3 Å². The first-order valence-corrected chi connectivity index (χ1v) is 11.0. The van der Waals surface area contributed by atoms with Gasteiger partial charge in [0.1, 0.15) is 6.61 Å². The van der Waals surface area contributed by atoms with Crippen LogP contribution in [0.25, 0.3) is 0 Å². The highest BCUT2D eigenvalue weighted by Crippen LogP contribution is 2.50. The minimum absolute atomic E-state index is 0.0652. The van der Waals surface area contributed by atoms with Crippen LogP contribution in [0.5, 0.6) is 0 Å². The predicted molar refractivity (Wildman–Crippen MR) is 108 cm³/mol. The molecule has 1 N–H and O–H groups in total. The zero-order chi connectivity index (χ0) is 19.8. The van der Waals surface area contributed by atoms with Crippen molar-refractivity contribution in [2.75, 3.05) is 32.8 Å². The van der Waals surface area contributed by atoms with Crippen LogP contribution in [0, 0.1) is 11.3 Å². The summed E-state index contributed by atoms with van der Waals surface area (Å²) in [5.74, 6) is 0.459. The van der Waals surface area contributed by atoms with E-state index in [0.29, 0.717) is 11.5 Å². The van der Waals surface area contributed by atoms with Crippen molar-refractivity contribution in [1.82, 2.24) is 15.1 Å². The first kappa shape index (κ1) is 19.7. The summed E-state index contributed by atoms with van der Waals surface area (Å²) < 4.78 is 5.18. The number of likely N-dealkylation sites (tertiary alicyclic amines) is 2. The largest absolute Gasteiger partial charge is 0.445 e. The van der Waals surface area contributed by atoms with Gasteiger partial charge in [0, 0.05) is 30.6 Å². The molecule has 2 amide bonds. The van der Waals surface area contributed by atoms with E-state index in [1.807, 2.05) is 4.90 Å². The summed E-state index contributed by atoms with van der Waals surface area (Å²) in [6.45, 7) is 9.75. The van der Waals surface area contributed by atoms with Crippen LogP contribution >= 0.6 is 0 Å². The van der Waals surface area contributed by atoms with Crippen molar-refractivity contribution >= 4 is 12.0 Å². The highest BCUT2D eigenvalue weighted by Gasteiger charge is 2.51. The highest BCUT2D eigenvalue weighted by atomic mass is 16.6. The van der Waals surface area contributed by atoms with Crippen LogP contribution in [-0.2, 0) is 9.53 Å². The monoisotopic (exact) mass is 389 g/mol. The van der Waals surface area contributed by atoms with Gasteiger partial charge in [-0.2, -0.15) is 0 Å². The molecule has 28 heavy (non-hydrogen) atoms. The van der Waals surface area contributed by atoms with Gasteiger partial charge in [0.15, 0.2) is 0 Å². The molecular weight excluding hydrogens is 354 g/mol. The number of hydrogen-bond acceptors (Lipinski definition) is 4. The molecule has 0 unspecified atom stereocenters. The Kier molecular flexibility index (Phi) is 5.43. The Morgan fingerprint density at radius 3 is 2.50 bits per heavy atom. The maximum atomic E-state index is 12.6. The molecule has 0 atom stereocenters. The van der Waals surface area contributed by atoms with Gasteiger partial charge in [-0.05, 0) is 76.8 Å². The molecule has 2 aliphatic carbocycles. The van der Waals surface area contributed by atoms with Crippen LogP contribution in [-0.4, -0.2) is 66.2 Å². The molecule has 4 aliphatic rings. The summed E-state index contributed by atoms with van der Waals surface area (Å²) in [4.78, 5) is 29.0. The van der Waals surface area contributed by atoms with Crippen molar-refractivity contribution in [2.24, 2.45) is 11.3 Å². The first-order chi connectivity index (χ1) is 13.4. The molecule has 4 rings (SSSR count). The zero-order valence-corrected chi connectivity index (χ0v) is 17.3. The summed E-state index contributed by atoms with van der Waals surface area (Å²) in [5.41, 5.74) is 0.362. The minimum Gasteiger partial charge on any atom is -0.445 e. The maximum absolute atomic E-state index is 12.6. The number of nitrogens with zero attached hydrogens (tertiary/aromatic N) is 2. The van der Waals surface area contributed by atoms with Crippen molar-refractivity contribution in [3.63, 3.8) is 0 Å². The Bertz CT molecular complexity index is 617. The molecule has 0 aromatic rings. The minimum atomic E-state index is -0.202. The quantitative estimate of drug-likeness (QED) is 0.735. The van der Waals surface area contributed by atoms with Crippen LogP contribution < -0.4 is 5.32 Å². The van der Waals surface area contributed by atoms with E-state index in [2.05, 4.69) is 23.7 Å². The number of amides is 2. The summed E-state index contributed by atoms with van der Waals surface area (Å²) in [5, 5.41) is 3.29. The van der Waals surface area contributed by atoms with Gasteiger partial charge in [-0.1, -0.05) is 12.7 Å². The van der Waals surface area contributed by atoms with Crippen molar-refractivity contribution in [3.8, 4) is 0 Å². The molecule has 1 spiro atoms. The summed E-state index contributed by atoms with van der Waals surface area (Å²) in [6, 6.07) is 0.623. The molecule has 0 bridgehead atoms. The van der Waals surface area contributed by atoms with Crippen molar-refractivity contribution in [2.45, 2.75) is 69.9 Å². The number of carbonyl (C=O) groups is 2. The molecule has 156 valence electrons. The third kappa shape index (κ3) is 3.93. The predicted octanol–water partition coefficient (Wildman–Crippen LogP) is 2.93. The van der Waals surface area contributed by atoms with Crippen molar-refractivity contribution < 1.29 is 14.3 Å². The fourth-order valence-electron chi connectivity index (χ4n) is 5.60. The number of carbonyl (C=O) groups excluding carboxylic acids is 2. The highest BCUT2D eigenvalue weighted by molar-refractivity contribution is 5.79. The van der Waals surface area contributed by atoms with E-state index in [4.69, 9.17) is 4.74 Å². The number of hydrogen-bond donors (Lipinski definition) is 1. The van der Waals surface area contributed by atoms with Crippen LogP contribution in [0.2, 0.25) is 0 Å². The van der Waals surface area contributed by atoms with E-state index >= 15 is 0 Å². The van der Waals surface area contributed by atoms with Gasteiger partial charge >= 0.3 is 6.09 Å². The van der Waals surface area contributed by atoms with Gasteiger partial charge in [0.2, 0.25) is 5.91 Å². The van der Waals surface area contributed by atoms with Crippen LogP contribution in [0.1, 0.15) is 58.3 Å². The molecule has 2 saturated heterocycles. The lowest BCUT2D eigenvalue weighted by molar-refractivity contribution is -0.130. The van der Waals surface area contributed by atoms with E-state index in [-0.39, 0.29) is 30.1 Å². The van der Waals surface area contributed by atoms with Gasteiger partial charge in [-0.3, -0.25) is 4.79 Å². The molecule has 0 aromatic carbocycles. The van der Waals surface area contributed by atoms with Crippen LogP contribution in [0.4, 0.5) is 4.79 Å². The fourth-order valence-corrected chi connectivity index (χ4v) is 5.60. The second-order valence-corrected chi connectivity index (χ2v) is 9.81. The normalized spacial score (nSPS) is 32.5. The molecule has 4 fully saturated rings. The van der Waals surface area contributed by atoms with Crippen LogP contribution in [0.15, 0.2) is 12.7 Å². The molecule has 2 aliphatic heterocycles. The SMILES string of the molecule is C=CCOC(=O)N1CCC2(CC(N3CCC(C(=O)NC4(C)CCC4)CC3)C2)C1. The number of ether oxygens (including phenoxy) is 1. The topological polar surface area (TPSA) is 61.9 Å². The van der Waals surface area contributed by atoms with E-state index in [1.54, 1.807) is 6.08 Å². The lowest BCUT2D eigenvalue weighted by atomic mass is 9.64. The van der Waals surface area contributed by atoms with Gasteiger partial charge in [-0.15, -0.1) is 0 Å². The second-order valence-electron chi connectivity index (χ2n) is 9.81. The molecular formula is C22H35N3O3. The molecule has 2 saturated carbocycles. The third-order valence-corrected chi connectivity index (χ3v) is 7.66. The molecule has 2 heterocycles. The lowest BCUT2D eigenvalue weighted by Gasteiger charge is -2.51. The summed E-state index contributed by atoms with van der Waals surface area (Å²) in [7, 11) is 0. The molecule has 0 radical (unpaired) electrons.